The lowest BCUT2D eigenvalue weighted by Crippen LogP contribution is -2.38. The number of carboxylic acid groups (broad SMARTS) is 1. The molecule has 0 saturated carbocycles. The van der Waals surface area contributed by atoms with Crippen molar-refractivity contribution < 1.29 is 19.4 Å². The van der Waals surface area contributed by atoms with Crippen molar-refractivity contribution in [1.29, 1.82) is 0 Å². The van der Waals surface area contributed by atoms with E-state index in [-0.39, 0.29) is 19.1 Å². The Kier molecular flexibility index (Phi) is 3.76. The van der Waals surface area contributed by atoms with E-state index in [1.54, 1.807) is 25.3 Å². The van der Waals surface area contributed by atoms with Gasteiger partial charge in [0, 0.05) is 19.3 Å². The fourth-order valence-electron chi connectivity index (χ4n) is 2.57. The second kappa shape index (κ2) is 5.72. The maximum atomic E-state index is 12.8. The predicted octanol–water partition coefficient (Wildman–Crippen LogP) is 0.211. The maximum Gasteiger partial charge on any atom is 0.310 e. The van der Waals surface area contributed by atoms with Crippen molar-refractivity contribution in [2.45, 2.75) is 6.92 Å². The molecule has 0 bridgehead atoms. The molecule has 0 spiro atoms. The van der Waals surface area contributed by atoms with Crippen LogP contribution in [0.1, 0.15) is 16.1 Å². The van der Waals surface area contributed by atoms with E-state index in [4.69, 9.17) is 4.74 Å². The molecule has 22 heavy (non-hydrogen) atoms. The van der Waals surface area contributed by atoms with Gasteiger partial charge < -0.3 is 14.7 Å². The van der Waals surface area contributed by atoms with Gasteiger partial charge in [-0.05, 0) is 19.1 Å². The van der Waals surface area contributed by atoms with E-state index in [1.165, 1.54) is 9.53 Å². The Morgan fingerprint density at radius 3 is 3.05 bits per heavy atom. The highest BCUT2D eigenvalue weighted by atomic mass is 16.5. The van der Waals surface area contributed by atoms with E-state index >= 15 is 0 Å². The first-order valence-electron chi connectivity index (χ1n) is 6.98. The smallest absolute Gasteiger partial charge is 0.310 e. The largest absolute Gasteiger partial charge is 0.481 e. The van der Waals surface area contributed by atoms with E-state index in [2.05, 4.69) is 10.2 Å². The minimum absolute atomic E-state index is 0.119. The van der Waals surface area contributed by atoms with Gasteiger partial charge in [-0.25, -0.2) is 0 Å². The zero-order valence-electron chi connectivity index (χ0n) is 12.1. The molecule has 0 aliphatic carbocycles. The quantitative estimate of drug-likeness (QED) is 0.852. The van der Waals surface area contributed by atoms with Crippen LogP contribution < -0.4 is 0 Å². The monoisotopic (exact) mass is 304 g/mol. The number of hydrogen-bond donors (Lipinski definition) is 1. The number of hydrogen-bond acceptors (Lipinski definition) is 5. The summed E-state index contributed by atoms with van der Waals surface area (Å²) < 4.78 is 6.68. The number of carboxylic acids is 1. The fraction of sp³-hybridized carbons (Fsp3) is 0.429. The van der Waals surface area contributed by atoms with Gasteiger partial charge in [-0.15, -0.1) is 0 Å². The van der Waals surface area contributed by atoms with Gasteiger partial charge in [-0.1, -0.05) is 0 Å². The zero-order valence-corrected chi connectivity index (χ0v) is 12.1. The molecule has 1 fully saturated rings. The molecule has 1 atom stereocenters. The number of carbonyl (C=O) groups excluding carboxylic acids is 1. The molecule has 3 heterocycles. The molecule has 1 saturated heterocycles. The highest BCUT2D eigenvalue weighted by Crippen LogP contribution is 2.18. The Labute approximate surface area is 126 Å². The highest BCUT2D eigenvalue weighted by Gasteiger charge is 2.30. The molecule has 0 radical (unpaired) electrons. The lowest BCUT2D eigenvalue weighted by Gasteiger charge is -2.21. The number of fused-ring (bicyclic) bond motifs is 1. The maximum absolute atomic E-state index is 12.8. The molecule has 2 aromatic heterocycles. The summed E-state index contributed by atoms with van der Waals surface area (Å²) in [5.74, 6) is -1.91. The van der Waals surface area contributed by atoms with Crippen LogP contribution in [0.4, 0.5) is 0 Å². The standard InChI is InChI=1S/C14H16N4O4/c1-9-12(11-3-2-4-15-18(11)16-9)13(19)17-5-6-22-8-10(7-17)14(20)21/h2-4,10H,5-8H2,1H3,(H,20,21). The highest BCUT2D eigenvalue weighted by molar-refractivity contribution is 6.02. The van der Waals surface area contributed by atoms with Crippen molar-refractivity contribution in [2.75, 3.05) is 26.3 Å². The summed E-state index contributed by atoms with van der Waals surface area (Å²) >= 11 is 0. The summed E-state index contributed by atoms with van der Waals surface area (Å²) in [4.78, 5) is 25.5. The molecule has 1 amide bonds. The molecule has 1 N–H and O–H groups in total. The van der Waals surface area contributed by atoms with Gasteiger partial charge in [0.05, 0.1) is 30.4 Å². The third-order valence-electron chi connectivity index (χ3n) is 3.71. The summed E-state index contributed by atoms with van der Waals surface area (Å²) in [5.41, 5.74) is 1.64. The number of aromatic nitrogens is 3. The molecule has 1 aliphatic rings. The number of ether oxygens (including phenoxy) is 1. The van der Waals surface area contributed by atoms with E-state index in [0.717, 1.165) is 0 Å². The molecular weight excluding hydrogens is 288 g/mol. The third-order valence-corrected chi connectivity index (χ3v) is 3.71. The molecular formula is C14H16N4O4. The van der Waals surface area contributed by atoms with Crippen LogP contribution in [0.15, 0.2) is 18.3 Å². The van der Waals surface area contributed by atoms with Gasteiger partial charge in [0.15, 0.2) is 0 Å². The summed E-state index contributed by atoms with van der Waals surface area (Å²) in [6, 6.07) is 3.50. The second-order valence-electron chi connectivity index (χ2n) is 5.22. The summed E-state index contributed by atoms with van der Waals surface area (Å²) in [5, 5.41) is 17.5. The molecule has 0 aromatic carbocycles. The van der Waals surface area contributed by atoms with Crippen molar-refractivity contribution >= 4 is 17.4 Å². The zero-order chi connectivity index (χ0) is 15.7. The fourth-order valence-corrected chi connectivity index (χ4v) is 2.57. The van der Waals surface area contributed by atoms with Gasteiger partial charge in [-0.3, -0.25) is 9.59 Å². The Morgan fingerprint density at radius 2 is 2.27 bits per heavy atom. The van der Waals surface area contributed by atoms with Crippen LogP contribution >= 0.6 is 0 Å². The number of aryl methyl sites for hydroxylation is 1. The average Bonchev–Trinajstić information content (AvgIpc) is 2.68. The first-order valence-corrected chi connectivity index (χ1v) is 6.98. The minimum atomic E-state index is -0.960. The van der Waals surface area contributed by atoms with Gasteiger partial charge in [0.25, 0.3) is 5.91 Å². The Morgan fingerprint density at radius 1 is 1.45 bits per heavy atom. The summed E-state index contributed by atoms with van der Waals surface area (Å²) in [7, 11) is 0. The first-order chi connectivity index (χ1) is 10.6. The molecule has 2 aromatic rings. The Balaban J connectivity index is 1.94. The molecule has 1 unspecified atom stereocenters. The molecule has 8 nitrogen and oxygen atoms in total. The van der Waals surface area contributed by atoms with E-state index in [0.29, 0.717) is 29.9 Å². The van der Waals surface area contributed by atoms with Crippen LogP contribution in [0.25, 0.3) is 5.52 Å². The van der Waals surface area contributed by atoms with Crippen LogP contribution in [-0.2, 0) is 9.53 Å². The van der Waals surface area contributed by atoms with Crippen molar-refractivity contribution in [3.8, 4) is 0 Å². The van der Waals surface area contributed by atoms with Crippen molar-refractivity contribution in [2.24, 2.45) is 5.92 Å². The van der Waals surface area contributed by atoms with Crippen molar-refractivity contribution in [3.05, 3.63) is 29.6 Å². The van der Waals surface area contributed by atoms with E-state index in [1.807, 2.05) is 0 Å². The summed E-state index contributed by atoms with van der Waals surface area (Å²) in [6.45, 7) is 2.68. The van der Waals surface area contributed by atoms with E-state index < -0.39 is 11.9 Å². The Bertz CT molecular complexity index is 727. The van der Waals surface area contributed by atoms with E-state index in [9.17, 15) is 14.7 Å². The number of carbonyl (C=O) groups is 2. The van der Waals surface area contributed by atoms with Crippen LogP contribution in [0, 0.1) is 12.8 Å². The lowest BCUT2D eigenvalue weighted by atomic mass is 10.1. The van der Waals surface area contributed by atoms with Gasteiger partial charge in [-0.2, -0.15) is 14.8 Å². The summed E-state index contributed by atoms with van der Waals surface area (Å²) in [6.07, 6.45) is 1.59. The molecule has 8 heteroatoms. The third kappa shape index (κ3) is 2.52. The number of nitrogens with zero attached hydrogens (tertiary/aromatic N) is 4. The molecule has 3 rings (SSSR count). The normalized spacial score (nSPS) is 19.1. The van der Waals surface area contributed by atoms with Gasteiger partial charge >= 0.3 is 5.97 Å². The Hall–Kier alpha value is -2.48. The predicted molar refractivity (Wildman–Crippen MR) is 75.6 cm³/mol. The van der Waals surface area contributed by atoms with Crippen LogP contribution in [-0.4, -0.2) is 63.0 Å². The first kappa shape index (κ1) is 14.5. The SMILES string of the molecule is Cc1nn2ncccc2c1C(=O)N1CCOCC(C(=O)O)C1. The lowest BCUT2D eigenvalue weighted by molar-refractivity contribution is -0.143. The van der Waals surface area contributed by atoms with Crippen LogP contribution in [0.2, 0.25) is 0 Å². The van der Waals surface area contributed by atoms with Crippen molar-refractivity contribution in [3.63, 3.8) is 0 Å². The molecule has 116 valence electrons. The topological polar surface area (TPSA) is 97.0 Å². The molecule has 1 aliphatic heterocycles. The average molecular weight is 304 g/mol. The number of rotatable bonds is 2. The van der Waals surface area contributed by atoms with Crippen molar-refractivity contribution in [1.82, 2.24) is 19.7 Å². The number of aliphatic carboxylic acids is 1. The van der Waals surface area contributed by atoms with Gasteiger partial charge in [0.2, 0.25) is 0 Å². The number of amides is 1. The van der Waals surface area contributed by atoms with Gasteiger partial charge in [0.1, 0.15) is 5.52 Å². The van der Waals surface area contributed by atoms with Crippen LogP contribution in [0.5, 0.6) is 0 Å². The van der Waals surface area contributed by atoms with Crippen LogP contribution in [0.3, 0.4) is 0 Å². The minimum Gasteiger partial charge on any atom is -0.481 e. The second-order valence-corrected chi connectivity index (χ2v) is 5.22.